The summed E-state index contributed by atoms with van der Waals surface area (Å²) in [6.07, 6.45) is 5.36. The summed E-state index contributed by atoms with van der Waals surface area (Å²) in [5, 5.41) is 9.72. The maximum Gasteiger partial charge on any atom is 0.262 e. The third-order valence-electron chi connectivity index (χ3n) is 3.59. The van der Waals surface area contributed by atoms with Crippen LogP contribution in [-0.2, 0) is 16.6 Å². The molecule has 0 radical (unpaired) electrons. The molecular weight excluding hydrogens is 288 g/mol. The van der Waals surface area contributed by atoms with Crippen LogP contribution in [0.5, 0.6) is 0 Å². The van der Waals surface area contributed by atoms with Gasteiger partial charge in [0.1, 0.15) is 0 Å². The number of rotatable bonds is 6. The van der Waals surface area contributed by atoms with Crippen molar-refractivity contribution in [3.8, 4) is 0 Å². The predicted molar refractivity (Wildman–Crippen MR) is 80.4 cm³/mol. The molecule has 0 spiro atoms. The summed E-state index contributed by atoms with van der Waals surface area (Å²) in [5.41, 5.74) is 2.22. The first-order valence-electron chi connectivity index (χ1n) is 6.90. The van der Waals surface area contributed by atoms with Crippen LogP contribution in [0.2, 0.25) is 0 Å². The number of nitrogens with one attached hydrogen (secondary N) is 3. The molecule has 1 aromatic heterocycles. The molecule has 1 aromatic carbocycles. The fourth-order valence-electron chi connectivity index (χ4n) is 2.20. The lowest BCUT2D eigenvalue weighted by molar-refractivity contribution is 0.600. The lowest BCUT2D eigenvalue weighted by Gasteiger charge is -2.13. The Labute approximate surface area is 124 Å². The molecule has 1 fully saturated rings. The van der Waals surface area contributed by atoms with E-state index in [1.165, 1.54) is 25.2 Å². The normalized spacial score (nSPS) is 15.1. The number of H-pyrrole nitrogens is 1. The SMILES string of the molecule is Cc1c(CNC2CC2)cccc1S(=O)(=O)Nc1cn[nH]c1. The molecule has 3 rings (SSSR count). The second kappa shape index (κ2) is 5.50. The van der Waals surface area contributed by atoms with Crippen molar-refractivity contribution in [2.75, 3.05) is 4.72 Å². The number of aromatic nitrogens is 2. The molecule has 112 valence electrons. The van der Waals surface area contributed by atoms with Crippen LogP contribution in [0.15, 0.2) is 35.5 Å². The molecule has 0 aliphatic heterocycles. The highest BCUT2D eigenvalue weighted by Gasteiger charge is 2.22. The first-order chi connectivity index (χ1) is 10.1. The van der Waals surface area contributed by atoms with Gasteiger partial charge in [0.05, 0.1) is 16.8 Å². The molecule has 0 bridgehead atoms. The van der Waals surface area contributed by atoms with E-state index in [-0.39, 0.29) is 0 Å². The van der Waals surface area contributed by atoms with E-state index >= 15 is 0 Å². The molecule has 1 aliphatic carbocycles. The van der Waals surface area contributed by atoms with Crippen molar-refractivity contribution in [1.82, 2.24) is 15.5 Å². The molecule has 3 N–H and O–H groups in total. The second-order valence-corrected chi connectivity index (χ2v) is 6.94. The Hall–Kier alpha value is -1.86. The molecule has 6 nitrogen and oxygen atoms in total. The van der Waals surface area contributed by atoms with E-state index in [4.69, 9.17) is 0 Å². The third-order valence-corrected chi connectivity index (χ3v) is 5.12. The maximum absolute atomic E-state index is 12.4. The summed E-state index contributed by atoms with van der Waals surface area (Å²) in [6.45, 7) is 2.54. The summed E-state index contributed by atoms with van der Waals surface area (Å²) in [6, 6.07) is 5.95. The van der Waals surface area contributed by atoms with Gasteiger partial charge in [-0.2, -0.15) is 5.10 Å². The van der Waals surface area contributed by atoms with Crippen LogP contribution in [0, 0.1) is 6.92 Å². The summed E-state index contributed by atoms with van der Waals surface area (Å²) >= 11 is 0. The van der Waals surface area contributed by atoms with Crippen molar-refractivity contribution in [3.63, 3.8) is 0 Å². The zero-order valence-corrected chi connectivity index (χ0v) is 12.6. The van der Waals surface area contributed by atoms with Crippen molar-refractivity contribution in [3.05, 3.63) is 41.7 Å². The average molecular weight is 306 g/mol. The van der Waals surface area contributed by atoms with Crippen molar-refractivity contribution in [2.24, 2.45) is 0 Å². The van der Waals surface area contributed by atoms with Gasteiger partial charge in [0.15, 0.2) is 0 Å². The Kier molecular flexibility index (Phi) is 3.69. The highest BCUT2D eigenvalue weighted by molar-refractivity contribution is 7.92. The second-order valence-electron chi connectivity index (χ2n) is 5.29. The van der Waals surface area contributed by atoms with E-state index in [2.05, 4.69) is 20.2 Å². The van der Waals surface area contributed by atoms with E-state index in [0.29, 0.717) is 23.2 Å². The highest BCUT2D eigenvalue weighted by atomic mass is 32.2. The van der Waals surface area contributed by atoms with E-state index in [9.17, 15) is 8.42 Å². The largest absolute Gasteiger partial charge is 0.310 e. The Morgan fingerprint density at radius 1 is 1.38 bits per heavy atom. The molecule has 1 saturated carbocycles. The fraction of sp³-hybridized carbons (Fsp3) is 0.357. The Morgan fingerprint density at radius 2 is 2.19 bits per heavy atom. The van der Waals surface area contributed by atoms with Gasteiger partial charge in [0.25, 0.3) is 10.0 Å². The van der Waals surface area contributed by atoms with Gasteiger partial charge in [0.2, 0.25) is 0 Å². The van der Waals surface area contributed by atoms with Gasteiger partial charge >= 0.3 is 0 Å². The molecule has 0 atom stereocenters. The quantitative estimate of drug-likeness (QED) is 0.759. The third kappa shape index (κ3) is 3.25. The summed E-state index contributed by atoms with van der Waals surface area (Å²) in [4.78, 5) is 0.304. The maximum atomic E-state index is 12.4. The van der Waals surface area contributed by atoms with Crippen molar-refractivity contribution < 1.29 is 8.42 Å². The predicted octanol–water partition coefficient (Wildman–Crippen LogP) is 1.77. The molecule has 0 amide bonds. The number of hydrogen-bond acceptors (Lipinski definition) is 4. The van der Waals surface area contributed by atoms with Gasteiger partial charge in [-0.1, -0.05) is 12.1 Å². The van der Waals surface area contributed by atoms with Crippen molar-refractivity contribution in [1.29, 1.82) is 0 Å². The Bertz CT molecular complexity index is 721. The van der Waals surface area contributed by atoms with Gasteiger partial charge in [0, 0.05) is 18.8 Å². The standard InChI is InChI=1S/C14H18N4O2S/c1-10-11(7-15-12-5-6-12)3-2-4-14(10)21(19,20)18-13-8-16-17-9-13/h2-4,8-9,12,15,18H,5-7H2,1H3,(H,16,17). The highest BCUT2D eigenvalue weighted by Crippen LogP contribution is 2.23. The van der Waals surface area contributed by atoms with Crippen LogP contribution in [0.4, 0.5) is 5.69 Å². The molecule has 0 unspecified atom stereocenters. The molecule has 7 heteroatoms. The van der Waals surface area contributed by atoms with Crippen LogP contribution in [0.3, 0.4) is 0 Å². The van der Waals surface area contributed by atoms with Crippen molar-refractivity contribution >= 4 is 15.7 Å². The molecule has 0 saturated heterocycles. The summed E-state index contributed by atoms with van der Waals surface area (Å²) in [5.74, 6) is 0. The molecular formula is C14H18N4O2S. The van der Waals surface area contributed by atoms with Crippen LogP contribution in [0.1, 0.15) is 24.0 Å². The minimum absolute atomic E-state index is 0.304. The lowest BCUT2D eigenvalue weighted by Crippen LogP contribution is -2.18. The first-order valence-corrected chi connectivity index (χ1v) is 8.38. The number of benzene rings is 1. The smallest absolute Gasteiger partial charge is 0.262 e. The van der Waals surface area contributed by atoms with E-state index in [1.807, 2.05) is 13.0 Å². The van der Waals surface area contributed by atoms with Gasteiger partial charge < -0.3 is 5.32 Å². The Balaban J connectivity index is 1.84. The van der Waals surface area contributed by atoms with Crippen molar-refractivity contribution in [2.45, 2.75) is 37.2 Å². The zero-order chi connectivity index (χ0) is 14.9. The summed E-state index contributed by atoms with van der Waals surface area (Å²) in [7, 11) is -3.60. The van der Waals surface area contributed by atoms with E-state index < -0.39 is 10.0 Å². The average Bonchev–Trinajstić information content (AvgIpc) is 3.14. The molecule has 1 aliphatic rings. The minimum atomic E-state index is -3.60. The first kappa shape index (κ1) is 14.1. The number of nitrogens with zero attached hydrogens (tertiary/aromatic N) is 1. The van der Waals surface area contributed by atoms with Crippen LogP contribution in [-0.4, -0.2) is 24.7 Å². The van der Waals surface area contributed by atoms with E-state index in [0.717, 1.165) is 11.1 Å². The number of anilines is 1. The molecule has 1 heterocycles. The molecule has 2 aromatic rings. The van der Waals surface area contributed by atoms with Gasteiger partial charge in [-0.05, 0) is 37.0 Å². The zero-order valence-electron chi connectivity index (χ0n) is 11.8. The number of hydrogen-bond donors (Lipinski definition) is 3. The Morgan fingerprint density at radius 3 is 2.86 bits per heavy atom. The van der Waals surface area contributed by atoms with E-state index in [1.54, 1.807) is 12.1 Å². The molecule has 21 heavy (non-hydrogen) atoms. The number of sulfonamides is 1. The monoisotopic (exact) mass is 306 g/mol. The van der Waals surface area contributed by atoms with Gasteiger partial charge in [-0.3, -0.25) is 9.82 Å². The number of aromatic amines is 1. The lowest BCUT2D eigenvalue weighted by atomic mass is 10.1. The minimum Gasteiger partial charge on any atom is -0.310 e. The fourth-order valence-corrected chi connectivity index (χ4v) is 3.52. The van der Waals surface area contributed by atoms with Crippen LogP contribution < -0.4 is 10.0 Å². The van der Waals surface area contributed by atoms with Crippen LogP contribution in [0.25, 0.3) is 0 Å². The summed E-state index contributed by atoms with van der Waals surface area (Å²) < 4.78 is 27.4. The van der Waals surface area contributed by atoms with Crippen LogP contribution >= 0.6 is 0 Å². The van der Waals surface area contributed by atoms with Gasteiger partial charge in [-0.25, -0.2) is 8.42 Å². The van der Waals surface area contributed by atoms with Gasteiger partial charge in [-0.15, -0.1) is 0 Å². The topological polar surface area (TPSA) is 86.9 Å².